The molecule has 0 aliphatic carbocycles. The first kappa shape index (κ1) is 14.9. The van der Waals surface area contributed by atoms with Crippen LogP contribution in [0.3, 0.4) is 0 Å². The number of nitrogens with one attached hydrogen (secondary N) is 1. The predicted octanol–water partition coefficient (Wildman–Crippen LogP) is 3.42. The zero-order chi connectivity index (χ0) is 15.0. The van der Waals surface area contributed by atoms with Crippen molar-refractivity contribution in [3.63, 3.8) is 0 Å². The summed E-state index contributed by atoms with van der Waals surface area (Å²) < 4.78 is 38.9. The number of piperidine rings is 1. The van der Waals surface area contributed by atoms with E-state index in [1.807, 2.05) is 0 Å². The molecule has 21 heavy (non-hydrogen) atoms. The van der Waals surface area contributed by atoms with E-state index in [4.69, 9.17) is 0 Å². The van der Waals surface area contributed by atoms with Crippen LogP contribution in [0.15, 0.2) is 24.3 Å². The molecule has 1 N–H and O–H groups in total. The topological polar surface area (TPSA) is 15.3 Å². The minimum Gasteiger partial charge on any atom is -0.310 e. The molecule has 1 aromatic carbocycles. The Labute approximate surface area is 123 Å². The van der Waals surface area contributed by atoms with Crippen molar-refractivity contribution >= 4 is 0 Å². The molecule has 2 nitrogen and oxygen atoms in total. The van der Waals surface area contributed by atoms with Crippen LogP contribution in [0.5, 0.6) is 0 Å². The average Bonchev–Trinajstić information content (AvgIpc) is 2.66. The summed E-state index contributed by atoms with van der Waals surface area (Å²) in [6, 6.07) is 7.37. The Bertz CT molecular complexity index is 487. The van der Waals surface area contributed by atoms with E-state index >= 15 is 0 Å². The quantitative estimate of drug-likeness (QED) is 0.920. The highest BCUT2D eigenvalue weighted by molar-refractivity contribution is 5.29. The van der Waals surface area contributed by atoms with Gasteiger partial charge in [-0.15, -0.1) is 0 Å². The second-order valence-electron chi connectivity index (χ2n) is 6.25. The van der Waals surface area contributed by atoms with Gasteiger partial charge in [0, 0.05) is 24.7 Å². The third-order valence-corrected chi connectivity index (χ3v) is 5.00. The Kier molecular flexibility index (Phi) is 3.97. The lowest BCUT2D eigenvalue weighted by atomic mass is 9.97. The van der Waals surface area contributed by atoms with Gasteiger partial charge in [0.05, 0.1) is 5.56 Å². The van der Waals surface area contributed by atoms with Crippen LogP contribution in [0.2, 0.25) is 0 Å². The smallest absolute Gasteiger partial charge is 0.310 e. The minimum absolute atomic E-state index is 0.295. The highest BCUT2D eigenvalue weighted by Gasteiger charge is 2.38. The zero-order valence-corrected chi connectivity index (χ0v) is 12.2. The fourth-order valence-corrected chi connectivity index (χ4v) is 3.78. The number of rotatable bonds is 3. The van der Waals surface area contributed by atoms with Crippen molar-refractivity contribution in [2.75, 3.05) is 7.05 Å². The van der Waals surface area contributed by atoms with Crippen LogP contribution >= 0.6 is 0 Å². The van der Waals surface area contributed by atoms with E-state index in [0.29, 0.717) is 30.2 Å². The van der Waals surface area contributed by atoms with Gasteiger partial charge in [-0.3, -0.25) is 0 Å². The average molecular weight is 298 g/mol. The third-order valence-electron chi connectivity index (χ3n) is 5.00. The molecule has 0 spiro atoms. The lowest BCUT2D eigenvalue weighted by molar-refractivity contribution is -0.138. The fourth-order valence-electron chi connectivity index (χ4n) is 3.78. The number of hydrogen-bond donors (Lipinski definition) is 1. The summed E-state index contributed by atoms with van der Waals surface area (Å²) in [5.41, 5.74) is -0.176. The molecular formula is C16H21F3N2. The first-order valence-corrected chi connectivity index (χ1v) is 7.55. The highest BCUT2D eigenvalue weighted by Crippen LogP contribution is 2.35. The summed E-state index contributed by atoms with van der Waals surface area (Å²) in [4.78, 5) is 2.43. The number of fused-ring (bicyclic) bond motifs is 2. The molecule has 2 unspecified atom stereocenters. The van der Waals surface area contributed by atoms with E-state index in [1.165, 1.54) is 18.9 Å². The van der Waals surface area contributed by atoms with Crippen LogP contribution < -0.4 is 5.32 Å². The summed E-state index contributed by atoms with van der Waals surface area (Å²) in [6.07, 6.45) is 0.253. The van der Waals surface area contributed by atoms with Gasteiger partial charge in [0.1, 0.15) is 0 Å². The third kappa shape index (κ3) is 3.09. The van der Waals surface area contributed by atoms with Crippen LogP contribution in [0, 0.1) is 0 Å². The van der Waals surface area contributed by atoms with E-state index in [-0.39, 0.29) is 0 Å². The fraction of sp³-hybridized carbons (Fsp3) is 0.625. The lowest BCUT2D eigenvalue weighted by Gasteiger charge is -2.36. The first-order chi connectivity index (χ1) is 9.95. The molecule has 3 rings (SSSR count). The van der Waals surface area contributed by atoms with Gasteiger partial charge >= 0.3 is 6.18 Å². The molecule has 2 saturated heterocycles. The Morgan fingerprint density at radius 2 is 1.76 bits per heavy atom. The van der Waals surface area contributed by atoms with Crippen molar-refractivity contribution in [2.24, 2.45) is 0 Å². The summed E-state index contributed by atoms with van der Waals surface area (Å²) >= 11 is 0. The predicted molar refractivity (Wildman–Crippen MR) is 75.9 cm³/mol. The van der Waals surface area contributed by atoms with E-state index in [1.54, 1.807) is 12.1 Å². The van der Waals surface area contributed by atoms with Gasteiger partial charge in [-0.25, -0.2) is 0 Å². The molecule has 116 valence electrons. The maximum atomic E-state index is 13.0. The van der Waals surface area contributed by atoms with Gasteiger partial charge in [0.2, 0.25) is 0 Å². The number of benzene rings is 1. The van der Waals surface area contributed by atoms with Crippen LogP contribution in [0.1, 0.15) is 36.8 Å². The van der Waals surface area contributed by atoms with Crippen molar-refractivity contribution in [3.8, 4) is 0 Å². The van der Waals surface area contributed by atoms with Crippen molar-refractivity contribution in [1.29, 1.82) is 0 Å². The van der Waals surface area contributed by atoms with Crippen molar-refractivity contribution in [2.45, 2.75) is 56.5 Å². The molecule has 0 amide bonds. The van der Waals surface area contributed by atoms with Crippen LogP contribution in [0.4, 0.5) is 13.2 Å². The summed E-state index contributed by atoms with van der Waals surface area (Å²) in [5, 5.41) is 3.35. The molecule has 2 heterocycles. The Balaban J connectivity index is 1.64. The molecule has 5 heteroatoms. The molecule has 0 saturated carbocycles. The van der Waals surface area contributed by atoms with Crippen molar-refractivity contribution < 1.29 is 13.2 Å². The molecule has 2 atom stereocenters. The number of halogens is 3. The standard InChI is InChI=1S/C16H21F3N2/c1-21-13-6-7-14(21)9-12(8-13)20-10-11-4-2-3-5-15(11)16(17,18)19/h2-5,12-14,20H,6-10H2,1H3. The Morgan fingerprint density at radius 1 is 1.14 bits per heavy atom. The molecule has 2 aliphatic heterocycles. The van der Waals surface area contributed by atoms with Gasteiger partial charge in [0.15, 0.2) is 0 Å². The molecule has 1 aromatic rings. The van der Waals surface area contributed by atoms with Gasteiger partial charge < -0.3 is 10.2 Å². The monoisotopic (exact) mass is 298 g/mol. The van der Waals surface area contributed by atoms with E-state index in [0.717, 1.165) is 18.9 Å². The molecule has 2 bridgehead atoms. The second kappa shape index (κ2) is 5.61. The maximum absolute atomic E-state index is 13.0. The normalized spacial score (nSPS) is 29.8. The summed E-state index contributed by atoms with van der Waals surface area (Å²) in [7, 11) is 2.16. The van der Waals surface area contributed by atoms with Gasteiger partial charge in [-0.1, -0.05) is 18.2 Å². The molecular weight excluding hydrogens is 277 g/mol. The van der Waals surface area contributed by atoms with Gasteiger partial charge in [-0.05, 0) is 44.4 Å². The van der Waals surface area contributed by atoms with Crippen molar-refractivity contribution in [3.05, 3.63) is 35.4 Å². The van der Waals surface area contributed by atoms with E-state index in [2.05, 4.69) is 17.3 Å². The van der Waals surface area contributed by atoms with E-state index < -0.39 is 11.7 Å². The SMILES string of the molecule is CN1C2CCC1CC(NCc1ccccc1C(F)(F)F)C2. The number of nitrogens with zero attached hydrogens (tertiary/aromatic N) is 1. The van der Waals surface area contributed by atoms with Crippen LogP contribution in [-0.4, -0.2) is 30.1 Å². The lowest BCUT2D eigenvalue weighted by Crippen LogP contribution is -2.47. The number of alkyl halides is 3. The zero-order valence-electron chi connectivity index (χ0n) is 12.2. The number of hydrogen-bond acceptors (Lipinski definition) is 2. The highest BCUT2D eigenvalue weighted by atomic mass is 19.4. The van der Waals surface area contributed by atoms with Crippen molar-refractivity contribution in [1.82, 2.24) is 10.2 Å². The second-order valence-corrected chi connectivity index (χ2v) is 6.25. The first-order valence-electron chi connectivity index (χ1n) is 7.55. The molecule has 0 aromatic heterocycles. The maximum Gasteiger partial charge on any atom is 0.416 e. The Hall–Kier alpha value is -1.07. The largest absolute Gasteiger partial charge is 0.416 e. The molecule has 0 radical (unpaired) electrons. The molecule has 2 aliphatic rings. The summed E-state index contributed by atoms with van der Waals surface area (Å²) in [6.45, 7) is 0.295. The van der Waals surface area contributed by atoms with Gasteiger partial charge in [-0.2, -0.15) is 13.2 Å². The van der Waals surface area contributed by atoms with Gasteiger partial charge in [0.25, 0.3) is 0 Å². The van der Waals surface area contributed by atoms with E-state index in [9.17, 15) is 13.2 Å². The van der Waals surface area contributed by atoms with Crippen LogP contribution in [-0.2, 0) is 12.7 Å². The molecule has 2 fully saturated rings. The van der Waals surface area contributed by atoms with Crippen LogP contribution in [0.25, 0.3) is 0 Å². The summed E-state index contributed by atoms with van der Waals surface area (Å²) in [5.74, 6) is 0. The Morgan fingerprint density at radius 3 is 2.38 bits per heavy atom. The minimum atomic E-state index is -4.27.